The molecule has 2 saturated heterocycles. The Morgan fingerprint density at radius 2 is 1.24 bits per heavy atom. The van der Waals surface area contributed by atoms with Crippen molar-refractivity contribution in [2.24, 2.45) is 0 Å². The van der Waals surface area contributed by atoms with Gasteiger partial charge in [0, 0.05) is 54.8 Å². The molecule has 2 aromatic carbocycles. The highest BCUT2D eigenvalue weighted by molar-refractivity contribution is 5.93. The largest absolute Gasteiger partial charge is 0.462 e. The van der Waals surface area contributed by atoms with Crippen LogP contribution in [-0.4, -0.2) is 31.1 Å². The van der Waals surface area contributed by atoms with E-state index in [1.54, 1.807) is 30.7 Å². The van der Waals surface area contributed by atoms with Crippen molar-refractivity contribution >= 4 is 44.7 Å². The van der Waals surface area contributed by atoms with Gasteiger partial charge in [-0.15, -0.1) is 0 Å². The van der Waals surface area contributed by atoms with Crippen molar-refractivity contribution in [3.05, 3.63) is 59.0 Å². The number of rotatable bonds is 3. The van der Waals surface area contributed by atoms with Gasteiger partial charge in [-0.1, -0.05) is 0 Å². The fourth-order valence-corrected chi connectivity index (χ4v) is 4.98. The second-order valence-corrected chi connectivity index (χ2v) is 9.04. The maximum atomic E-state index is 11.0. The van der Waals surface area contributed by atoms with E-state index in [2.05, 4.69) is 9.80 Å². The molecule has 2 aliphatic rings. The number of nitro groups is 1. The average Bonchev–Trinajstić information content (AvgIpc) is 3.54. The zero-order valence-corrected chi connectivity index (χ0v) is 19.2. The summed E-state index contributed by atoms with van der Waals surface area (Å²) in [5.74, 6) is 0. The fourth-order valence-electron chi connectivity index (χ4n) is 4.98. The Balaban J connectivity index is 0.000000142. The molecule has 0 bridgehead atoms. The molecule has 0 spiro atoms. The summed E-state index contributed by atoms with van der Waals surface area (Å²) in [5, 5.41) is 12.9. The van der Waals surface area contributed by atoms with Crippen molar-refractivity contribution in [3.63, 3.8) is 0 Å². The van der Waals surface area contributed by atoms with Gasteiger partial charge >= 0.3 is 0 Å². The summed E-state index contributed by atoms with van der Waals surface area (Å²) < 4.78 is 11.0. The molecule has 0 unspecified atom stereocenters. The van der Waals surface area contributed by atoms with E-state index in [0.29, 0.717) is 0 Å². The van der Waals surface area contributed by atoms with Gasteiger partial charge in [-0.05, 0) is 62.8 Å². The molecule has 0 atom stereocenters. The topological polar surface area (TPSA) is 102 Å². The molecule has 4 heterocycles. The molecule has 8 nitrogen and oxygen atoms in total. The van der Waals surface area contributed by atoms with Gasteiger partial charge in [-0.3, -0.25) is 10.1 Å². The molecule has 0 aliphatic carbocycles. The van der Waals surface area contributed by atoms with Crippen molar-refractivity contribution in [1.82, 2.24) is 0 Å². The normalized spacial score (nSPS) is 16.5. The summed E-state index contributed by atoms with van der Waals surface area (Å²) >= 11 is 0. The van der Waals surface area contributed by atoms with Gasteiger partial charge < -0.3 is 24.4 Å². The second kappa shape index (κ2) is 9.67. The Kier molecular flexibility index (Phi) is 6.29. The Labute approximate surface area is 198 Å². The lowest BCUT2D eigenvalue weighted by Gasteiger charge is -2.28. The van der Waals surface area contributed by atoms with E-state index in [1.807, 2.05) is 18.2 Å². The quantitative estimate of drug-likeness (QED) is 0.215. The molecule has 0 amide bonds. The summed E-state index contributed by atoms with van der Waals surface area (Å²) in [4.78, 5) is 15.2. The summed E-state index contributed by atoms with van der Waals surface area (Å²) in [7, 11) is 0. The second-order valence-electron chi connectivity index (χ2n) is 9.04. The number of non-ortho nitro benzene ring substituents is 1. The molecular weight excluding hydrogens is 432 g/mol. The van der Waals surface area contributed by atoms with E-state index in [9.17, 15) is 10.1 Å². The number of hydrogen-bond donors (Lipinski definition) is 1. The molecule has 34 heavy (non-hydrogen) atoms. The van der Waals surface area contributed by atoms with Crippen LogP contribution in [0.15, 0.2) is 57.8 Å². The summed E-state index contributed by atoms with van der Waals surface area (Å²) in [5.41, 5.74) is 10.6. The molecule has 0 saturated carbocycles. The third-order valence-corrected chi connectivity index (χ3v) is 6.67. The number of benzene rings is 2. The number of anilines is 3. The van der Waals surface area contributed by atoms with Crippen LogP contribution in [0.5, 0.6) is 0 Å². The van der Waals surface area contributed by atoms with Crippen molar-refractivity contribution in [1.29, 1.82) is 0 Å². The maximum Gasteiger partial charge on any atom is 0.272 e. The number of hydrogen-bond acceptors (Lipinski definition) is 7. The van der Waals surface area contributed by atoms with Gasteiger partial charge in [0.2, 0.25) is 0 Å². The Morgan fingerprint density at radius 3 is 1.76 bits per heavy atom. The van der Waals surface area contributed by atoms with E-state index in [1.165, 1.54) is 25.7 Å². The zero-order chi connectivity index (χ0) is 23.5. The van der Waals surface area contributed by atoms with Crippen LogP contribution in [0.1, 0.15) is 38.5 Å². The van der Waals surface area contributed by atoms with E-state index in [-0.39, 0.29) is 10.6 Å². The molecule has 4 aromatic rings. The Morgan fingerprint density at radius 1 is 0.735 bits per heavy atom. The first kappa shape index (κ1) is 22.1. The Hall–Kier alpha value is -3.68. The molecule has 2 aliphatic heterocycles. The van der Waals surface area contributed by atoms with Crippen LogP contribution >= 0.6 is 0 Å². The first-order chi connectivity index (χ1) is 16.6. The van der Waals surface area contributed by atoms with Gasteiger partial charge in [0.1, 0.15) is 0 Å². The molecule has 178 valence electrons. The van der Waals surface area contributed by atoms with E-state index in [4.69, 9.17) is 14.6 Å². The number of nitro benzene ring substituents is 1. The molecule has 2 N–H and O–H groups in total. The van der Waals surface area contributed by atoms with Crippen LogP contribution in [-0.2, 0) is 0 Å². The SMILES string of the molecule is Nc1cc(N2CCCCC2)c2occc2c1.O=[N+]([O-])c1cc(N2CCCCC2)c2occc2c1. The summed E-state index contributed by atoms with van der Waals surface area (Å²) in [6.07, 6.45) is 10.7. The molecule has 0 radical (unpaired) electrons. The van der Waals surface area contributed by atoms with Crippen LogP contribution in [0.3, 0.4) is 0 Å². The monoisotopic (exact) mass is 462 g/mol. The van der Waals surface area contributed by atoms with Crippen LogP contribution in [0.25, 0.3) is 21.9 Å². The number of piperidine rings is 2. The van der Waals surface area contributed by atoms with Crippen molar-refractivity contribution in [2.75, 3.05) is 41.7 Å². The van der Waals surface area contributed by atoms with Gasteiger partial charge in [0.05, 0.1) is 28.8 Å². The smallest absolute Gasteiger partial charge is 0.272 e. The highest BCUT2D eigenvalue weighted by Crippen LogP contribution is 2.34. The predicted molar refractivity (Wildman–Crippen MR) is 136 cm³/mol. The molecular formula is C26H30N4O4. The van der Waals surface area contributed by atoms with Gasteiger partial charge in [-0.2, -0.15) is 0 Å². The highest BCUT2D eigenvalue weighted by atomic mass is 16.6. The third kappa shape index (κ3) is 4.53. The number of furan rings is 2. The average molecular weight is 463 g/mol. The lowest BCUT2D eigenvalue weighted by atomic mass is 10.1. The van der Waals surface area contributed by atoms with E-state index < -0.39 is 0 Å². The van der Waals surface area contributed by atoms with E-state index in [0.717, 1.165) is 78.0 Å². The summed E-state index contributed by atoms with van der Waals surface area (Å²) in [6, 6.07) is 10.9. The zero-order valence-electron chi connectivity index (χ0n) is 19.2. The van der Waals surface area contributed by atoms with Gasteiger partial charge in [0.25, 0.3) is 5.69 Å². The number of nitrogen functional groups attached to an aromatic ring is 1. The van der Waals surface area contributed by atoms with Crippen LogP contribution in [0, 0.1) is 10.1 Å². The predicted octanol–water partition coefficient (Wildman–Crippen LogP) is 6.34. The maximum absolute atomic E-state index is 11.0. The first-order valence-corrected chi connectivity index (χ1v) is 12.0. The van der Waals surface area contributed by atoms with Gasteiger partial charge in [-0.25, -0.2) is 0 Å². The molecule has 2 aromatic heterocycles. The number of nitrogens with zero attached hydrogens (tertiary/aromatic N) is 3. The van der Waals surface area contributed by atoms with Crippen LogP contribution in [0.4, 0.5) is 22.7 Å². The minimum Gasteiger partial charge on any atom is -0.462 e. The van der Waals surface area contributed by atoms with Crippen molar-refractivity contribution in [3.8, 4) is 0 Å². The van der Waals surface area contributed by atoms with E-state index >= 15 is 0 Å². The lowest BCUT2D eigenvalue weighted by molar-refractivity contribution is -0.384. The molecule has 8 heteroatoms. The highest BCUT2D eigenvalue weighted by Gasteiger charge is 2.20. The first-order valence-electron chi connectivity index (χ1n) is 12.0. The lowest BCUT2D eigenvalue weighted by Crippen LogP contribution is -2.29. The minimum absolute atomic E-state index is 0.129. The molecule has 6 rings (SSSR count). The van der Waals surface area contributed by atoms with Crippen LogP contribution in [0.2, 0.25) is 0 Å². The number of fused-ring (bicyclic) bond motifs is 2. The fraction of sp³-hybridized carbons (Fsp3) is 0.385. The standard InChI is InChI=1S/C13H14N2O3.C13H16N2O/c16-15(17)11-8-10-4-7-18-13(10)12(9-11)14-5-2-1-3-6-14;14-11-8-10-4-7-16-13(10)12(9-11)15-5-2-1-3-6-15/h4,7-9H,1-3,5-6H2;4,7-9H,1-3,5-6,14H2. The summed E-state index contributed by atoms with van der Waals surface area (Å²) in [6.45, 7) is 4.10. The Bertz CT molecular complexity index is 1280. The van der Waals surface area contributed by atoms with Crippen molar-refractivity contribution in [2.45, 2.75) is 38.5 Å². The third-order valence-electron chi connectivity index (χ3n) is 6.67. The molecule has 2 fully saturated rings. The minimum atomic E-state index is -0.347. The number of nitrogens with two attached hydrogens (primary N) is 1. The van der Waals surface area contributed by atoms with Crippen molar-refractivity contribution < 1.29 is 13.8 Å². The van der Waals surface area contributed by atoms with Gasteiger partial charge in [0.15, 0.2) is 11.2 Å². The van der Waals surface area contributed by atoms with Crippen LogP contribution < -0.4 is 15.5 Å².